The van der Waals surface area contributed by atoms with E-state index in [4.69, 9.17) is 0 Å². The van der Waals surface area contributed by atoms with Gasteiger partial charge in [-0.2, -0.15) is 11.8 Å². The van der Waals surface area contributed by atoms with Crippen LogP contribution in [0.4, 0.5) is 0 Å². The molecule has 0 saturated carbocycles. The van der Waals surface area contributed by atoms with E-state index in [9.17, 15) is 4.79 Å². The minimum atomic E-state index is 0.0703. The predicted molar refractivity (Wildman–Crippen MR) is 57.9 cm³/mol. The Labute approximate surface area is 84.2 Å². The van der Waals surface area contributed by atoms with Crippen LogP contribution in [0.25, 0.3) is 0 Å². The van der Waals surface area contributed by atoms with Gasteiger partial charge in [0, 0.05) is 16.1 Å². The Hall–Kier alpha value is -0.440. The standard InChI is InChI=1S/C10H17NOS/c1-5-7(2)9(12)11-8-6-13-10(8,3)4/h5,8H,6H2,1-4H3,(H,11,12)/b7-5+. The molecule has 1 aliphatic rings. The van der Waals surface area contributed by atoms with Gasteiger partial charge < -0.3 is 5.32 Å². The zero-order valence-electron chi connectivity index (χ0n) is 8.68. The summed E-state index contributed by atoms with van der Waals surface area (Å²) in [5, 5.41) is 3.03. The van der Waals surface area contributed by atoms with Gasteiger partial charge in [0.15, 0.2) is 0 Å². The molecule has 1 N–H and O–H groups in total. The number of thioether (sulfide) groups is 1. The summed E-state index contributed by atoms with van der Waals surface area (Å²) in [6.07, 6.45) is 1.84. The fraction of sp³-hybridized carbons (Fsp3) is 0.700. The van der Waals surface area contributed by atoms with E-state index >= 15 is 0 Å². The minimum absolute atomic E-state index is 0.0703. The molecule has 1 heterocycles. The molecule has 0 aromatic rings. The van der Waals surface area contributed by atoms with Gasteiger partial charge in [-0.1, -0.05) is 6.08 Å². The van der Waals surface area contributed by atoms with E-state index in [1.807, 2.05) is 31.7 Å². The maximum atomic E-state index is 11.5. The van der Waals surface area contributed by atoms with Gasteiger partial charge in [0.05, 0.1) is 6.04 Å². The van der Waals surface area contributed by atoms with Gasteiger partial charge in [-0.25, -0.2) is 0 Å². The fourth-order valence-electron chi connectivity index (χ4n) is 1.12. The van der Waals surface area contributed by atoms with Crippen LogP contribution in [-0.2, 0) is 4.79 Å². The number of rotatable bonds is 2. The zero-order valence-corrected chi connectivity index (χ0v) is 9.49. The summed E-state index contributed by atoms with van der Waals surface area (Å²) in [5.74, 6) is 1.11. The maximum Gasteiger partial charge on any atom is 0.246 e. The molecule has 1 fully saturated rings. The second-order valence-electron chi connectivity index (χ2n) is 3.91. The average Bonchev–Trinajstić information content (AvgIpc) is 2.10. The van der Waals surface area contributed by atoms with Gasteiger partial charge in [0.1, 0.15) is 0 Å². The summed E-state index contributed by atoms with van der Waals surface area (Å²) in [7, 11) is 0. The number of carbonyl (C=O) groups excluding carboxylic acids is 1. The van der Waals surface area contributed by atoms with Crippen molar-refractivity contribution in [3.05, 3.63) is 11.6 Å². The quantitative estimate of drug-likeness (QED) is 0.689. The van der Waals surface area contributed by atoms with Crippen molar-refractivity contribution in [2.24, 2.45) is 0 Å². The van der Waals surface area contributed by atoms with Gasteiger partial charge in [-0.3, -0.25) is 4.79 Å². The lowest BCUT2D eigenvalue weighted by molar-refractivity contribution is -0.118. The lowest BCUT2D eigenvalue weighted by Crippen LogP contribution is -2.56. The van der Waals surface area contributed by atoms with Crippen molar-refractivity contribution >= 4 is 17.7 Å². The number of allylic oxidation sites excluding steroid dienone is 1. The molecule has 1 rings (SSSR count). The highest BCUT2D eigenvalue weighted by Crippen LogP contribution is 2.39. The summed E-state index contributed by atoms with van der Waals surface area (Å²) in [4.78, 5) is 11.5. The van der Waals surface area contributed by atoms with Crippen molar-refractivity contribution in [3.63, 3.8) is 0 Å². The third-order valence-corrected chi connectivity index (χ3v) is 4.09. The molecule has 0 aromatic heterocycles. The van der Waals surface area contributed by atoms with E-state index < -0.39 is 0 Å². The van der Waals surface area contributed by atoms with E-state index in [1.165, 1.54) is 0 Å². The largest absolute Gasteiger partial charge is 0.347 e. The first kappa shape index (κ1) is 10.6. The van der Waals surface area contributed by atoms with Crippen LogP contribution in [-0.4, -0.2) is 22.4 Å². The van der Waals surface area contributed by atoms with Crippen LogP contribution in [0.3, 0.4) is 0 Å². The molecule has 2 nitrogen and oxygen atoms in total. The number of amides is 1. The van der Waals surface area contributed by atoms with Gasteiger partial charge in [-0.15, -0.1) is 0 Å². The summed E-state index contributed by atoms with van der Waals surface area (Å²) in [5.41, 5.74) is 0.799. The van der Waals surface area contributed by atoms with Crippen molar-refractivity contribution in [1.82, 2.24) is 5.32 Å². The SMILES string of the molecule is C/C=C(\C)C(=O)NC1CSC1(C)C. The predicted octanol–water partition coefficient (Wildman–Crippen LogP) is 1.96. The van der Waals surface area contributed by atoms with E-state index in [0.717, 1.165) is 11.3 Å². The second kappa shape index (κ2) is 3.74. The van der Waals surface area contributed by atoms with Gasteiger partial charge >= 0.3 is 0 Å². The van der Waals surface area contributed by atoms with Gasteiger partial charge in [0.25, 0.3) is 0 Å². The fourth-order valence-corrected chi connectivity index (χ4v) is 2.26. The monoisotopic (exact) mass is 199 g/mol. The van der Waals surface area contributed by atoms with E-state index in [0.29, 0.717) is 6.04 Å². The van der Waals surface area contributed by atoms with Crippen LogP contribution in [0.5, 0.6) is 0 Å². The maximum absolute atomic E-state index is 11.5. The molecule has 0 bridgehead atoms. The Balaban J connectivity index is 2.47. The summed E-state index contributed by atoms with van der Waals surface area (Å²) in [6, 6.07) is 0.333. The Morgan fingerprint density at radius 1 is 1.62 bits per heavy atom. The lowest BCUT2D eigenvalue weighted by Gasteiger charge is -2.43. The molecule has 0 aromatic carbocycles. The summed E-state index contributed by atoms with van der Waals surface area (Å²) in [6.45, 7) is 8.05. The van der Waals surface area contributed by atoms with Crippen molar-refractivity contribution in [2.45, 2.75) is 38.5 Å². The first-order valence-electron chi connectivity index (χ1n) is 4.55. The lowest BCUT2D eigenvalue weighted by atomic mass is 10.0. The summed E-state index contributed by atoms with van der Waals surface area (Å²) >= 11 is 1.90. The van der Waals surface area contributed by atoms with Crippen molar-refractivity contribution in [1.29, 1.82) is 0 Å². The highest BCUT2D eigenvalue weighted by Gasteiger charge is 2.40. The topological polar surface area (TPSA) is 29.1 Å². The number of nitrogens with one attached hydrogen (secondary N) is 1. The number of hydrogen-bond donors (Lipinski definition) is 1. The first-order valence-corrected chi connectivity index (χ1v) is 5.53. The normalized spacial score (nSPS) is 26.5. The molecule has 13 heavy (non-hydrogen) atoms. The second-order valence-corrected chi connectivity index (χ2v) is 5.59. The molecular formula is C10H17NOS. The molecule has 1 unspecified atom stereocenters. The van der Waals surface area contributed by atoms with Crippen LogP contribution in [0.1, 0.15) is 27.7 Å². The molecule has 74 valence electrons. The van der Waals surface area contributed by atoms with Crippen LogP contribution in [0.15, 0.2) is 11.6 Å². The van der Waals surface area contributed by atoms with E-state index in [2.05, 4.69) is 19.2 Å². The zero-order chi connectivity index (χ0) is 10.1. The van der Waals surface area contributed by atoms with Crippen LogP contribution in [0.2, 0.25) is 0 Å². The van der Waals surface area contributed by atoms with Crippen LogP contribution >= 0.6 is 11.8 Å². The first-order chi connectivity index (χ1) is 5.97. The molecule has 1 aliphatic heterocycles. The molecule has 1 saturated heterocycles. The van der Waals surface area contributed by atoms with Gasteiger partial charge in [-0.05, 0) is 27.7 Å². The van der Waals surface area contributed by atoms with Gasteiger partial charge in [0.2, 0.25) is 5.91 Å². The molecule has 1 atom stereocenters. The number of carbonyl (C=O) groups is 1. The van der Waals surface area contributed by atoms with Crippen molar-refractivity contribution in [2.75, 3.05) is 5.75 Å². The van der Waals surface area contributed by atoms with Crippen LogP contribution in [0, 0.1) is 0 Å². The highest BCUT2D eigenvalue weighted by atomic mass is 32.2. The molecule has 0 aliphatic carbocycles. The third-order valence-electron chi connectivity index (χ3n) is 2.56. The molecular weight excluding hydrogens is 182 g/mol. The highest BCUT2D eigenvalue weighted by molar-refractivity contribution is 8.02. The molecule has 1 amide bonds. The minimum Gasteiger partial charge on any atom is -0.347 e. The smallest absolute Gasteiger partial charge is 0.246 e. The molecule has 0 spiro atoms. The van der Waals surface area contributed by atoms with E-state index in [1.54, 1.807) is 0 Å². The van der Waals surface area contributed by atoms with Crippen molar-refractivity contribution in [3.8, 4) is 0 Å². The van der Waals surface area contributed by atoms with Crippen LogP contribution < -0.4 is 5.32 Å². The summed E-state index contributed by atoms with van der Waals surface area (Å²) < 4.78 is 0.212. The van der Waals surface area contributed by atoms with E-state index in [-0.39, 0.29) is 10.7 Å². The Morgan fingerprint density at radius 2 is 2.23 bits per heavy atom. The molecule has 0 radical (unpaired) electrons. The third kappa shape index (κ3) is 2.27. The van der Waals surface area contributed by atoms with Crippen molar-refractivity contribution < 1.29 is 4.79 Å². The average molecular weight is 199 g/mol. The Bertz CT molecular complexity index is 245. The Morgan fingerprint density at radius 3 is 2.54 bits per heavy atom. The Kier molecular flexibility index (Phi) is 3.06. The number of hydrogen-bond acceptors (Lipinski definition) is 2. The molecule has 3 heteroatoms.